The minimum absolute atomic E-state index is 0.406. The molecule has 2 aliphatic rings. The number of nitrogens with one attached hydrogen (secondary N) is 1. The molecule has 0 spiro atoms. The lowest BCUT2D eigenvalue weighted by atomic mass is 9.86. The van der Waals surface area contributed by atoms with Crippen molar-refractivity contribution in [1.82, 2.24) is 20.1 Å². The zero-order chi connectivity index (χ0) is 13.5. The van der Waals surface area contributed by atoms with Crippen LogP contribution in [-0.4, -0.2) is 20.8 Å². The molecule has 1 saturated carbocycles. The van der Waals surface area contributed by atoms with Crippen molar-refractivity contribution >= 4 is 0 Å². The molecule has 2 heterocycles. The minimum Gasteiger partial charge on any atom is -0.304 e. The lowest BCUT2D eigenvalue weighted by molar-refractivity contribution is 0.238. The fraction of sp³-hybridized carbons (Fsp3) is 0.867. The number of hydrogen-bond donors (Lipinski definition) is 1. The normalized spacial score (nSPS) is 29.4. The van der Waals surface area contributed by atoms with Gasteiger partial charge in [-0.1, -0.05) is 27.2 Å². The van der Waals surface area contributed by atoms with Crippen molar-refractivity contribution in [1.29, 1.82) is 0 Å². The van der Waals surface area contributed by atoms with Gasteiger partial charge in [-0.3, -0.25) is 0 Å². The average Bonchev–Trinajstić information content (AvgIpc) is 2.94. The predicted octanol–water partition coefficient (Wildman–Crippen LogP) is 2.84. The van der Waals surface area contributed by atoms with Crippen LogP contribution >= 0.6 is 0 Å². The molecule has 19 heavy (non-hydrogen) atoms. The summed E-state index contributed by atoms with van der Waals surface area (Å²) in [6.07, 6.45) is 7.34. The van der Waals surface area contributed by atoms with Crippen LogP contribution in [0, 0.1) is 5.41 Å². The summed E-state index contributed by atoms with van der Waals surface area (Å²) in [7, 11) is 0. The Labute approximate surface area is 116 Å². The van der Waals surface area contributed by atoms with Gasteiger partial charge in [-0.15, -0.1) is 0 Å². The zero-order valence-corrected chi connectivity index (χ0v) is 12.4. The van der Waals surface area contributed by atoms with Gasteiger partial charge >= 0.3 is 0 Å². The number of aryl methyl sites for hydroxylation is 2. The van der Waals surface area contributed by atoms with Crippen molar-refractivity contribution in [2.75, 3.05) is 0 Å². The fourth-order valence-corrected chi connectivity index (χ4v) is 3.59. The topological polar surface area (TPSA) is 42.7 Å². The van der Waals surface area contributed by atoms with E-state index in [4.69, 9.17) is 4.98 Å². The van der Waals surface area contributed by atoms with Gasteiger partial charge in [0.2, 0.25) is 0 Å². The highest BCUT2D eigenvalue weighted by molar-refractivity contribution is 5.04. The Kier molecular flexibility index (Phi) is 3.37. The lowest BCUT2D eigenvalue weighted by Crippen LogP contribution is -2.42. The summed E-state index contributed by atoms with van der Waals surface area (Å²) in [6.45, 7) is 7.95. The number of rotatable bonds is 3. The Bertz CT molecular complexity index is 449. The van der Waals surface area contributed by atoms with Gasteiger partial charge in [-0.2, -0.15) is 5.10 Å². The van der Waals surface area contributed by atoms with Crippen LogP contribution < -0.4 is 5.32 Å². The maximum atomic E-state index is 4.73. The van der Waals surface area contributed by atoms with Crippen LogP contribution in [0.25, 0.3) is 0 Å². The van der Waals surface area contributed by atoms with Gasteiger partial charge in [0, 0.05) is 19.0 Å². The third kappa shape index (κ3) is 2.42. The SMILES string of the molecule is CCc1nc2n(n1)CCCC2NC1CCCC1(C)C. The molecule has 0 amide bonds. The van der Waals surface area contributed by atoms with E-state index < -0.39 is 0 Å². The summed E-state index contributed by atoms with van der Waals surface area (Å²) in [5, 5.41) is 8.47. The van der Waals surface area contributed by atoms with Crippen molar-refractivity contribution in [3.63, 3.8) is 0 Å². The van der Waals surface area contributed by atoms with Crippen LogP contribution in [0.4, 0.5) is 0 Å². The van der Waals surface area contributed by atoms with Crippen LogP contribution in [0.2, 0.25) is 0 Å². The first-order valence-electron chi connectivity index (χ1n) is 7.80. The Morgan fingerprint density at radius 2 is 2.16 bits per heavy atom. The van der Waals surface area contributed by atoms with Gasteiger partial charge in [0.25, 0.3) is 0 Å². The molecule has 4 heteroatoms. The first-order chi connectivity index (χ1) is 9.10. The number of aromatic nitrogens is 3. The molecule has 0 saturated heterocycles. The summed E-state index contributed by atoms with van der Waals surface area (Å²) in [4.78, 5) is 4.73. The number of fused-ring (bicyclic) bond motifs is 1. The number of hydrogen-bond acceptors (Lipinski definition) is 3. The first kappa shape index (κ1) is 13.1. The molecule has 0 bridgehead atoms. The molecule has 2 atom stereocenters. The molecule has 1 aromatic heterocycles. The molecule has 3 rings (SSSR count). The van der Waals surface area contributed by atoms with E-state index >= 15 is 0 Å². The van der Waals surface area contributed by atoms with Crippen LogP contribution in [0.15, 0.2) is 0 Å². The summed E-state index contributed by atoms with van der Waals surface area (Å²) >= 11 is 0. The van der Waals surface area contributed by atoms with Crippen molar-refractivity contribution in [2.24, 2.45) is 5.41 Å². The third-order valence-electron chi connectivity index (χ3n) is 4.89. The van der Waals surface area contributed by atoms with E-state index in [1.807, 2.05) is 0 Å². The largest absolute Gasteiger partial charge is 0.304 e. The van der Waals surface area contributed by atoms with E-state index in [0.717, 1.165) is 18.8 Å². The zero-order valence-electron chi connectivity index (χ0n) is 12.4. The second kappa shape index (κ2) is 4.89. The van der Waals surface area contributed by atoms with Gasteiger partial charge in [0.1, 0.15) is 5.82 Å². The van der Waals surface area contributed by atoms with Crippen molar-refractivity contribution in [2.45, 2.75) is 77.9 Å². The molecule has 4 nitrogen and oxygen atoms in total. The van der Waals surface area contributed by atoms with Crippen LogP contribution in [0.3, 0.4) is 0 Å². The van der Waals surface area contributed by atoms with E-state index in [1.165, 1.54) is 37.9 Å². The molecule has 0 radical (unpaired) electrons. The molecule has 1 fully saturated rings. The Hall–Kier alpha value is -0.900. The standard InChI is InChI=1S/C15H26N4/c1-4-13-17-14-11(7-6-10-19(14)18-13)16-12-8-5-9-15(12,2)3/h11-12,16H,4-10H2,1-3H3. The summed E-state index contributed by atoms with van der Waals surface area (Å²) < 4.78 is 2.13. The third-order valence-corrected chi connectivity index (χ3v) is 4.89. The molecule has 1 aliphatic carbocycles. The van der Waals surface area contributed by atoms with Crippen LogP contribution in [-0.2, 0) is 13.0 Å². The molecule has 1 aliphatic heterocycles. The predicted molar refractivity (Wildman–Crippen MR) is 75.9 cm³/mol. The van der Waals surface area contributed by atoms with Crippen molar-refractivity contribution in [3.8, 4) is 0 Å². The molecule has 0 aromatic carbocycles. The first-order valence-corrected chi connectivity index (χ1v) is 7.80. The Morgan fingerprint density at radius 1 is 1.32 bits per heavy atom. The van der Waals surface area contributed by atoms with Gasteiger partial charge in [-0.05, 0) is 31.1 Å². The summed E-state index contributed by atoms with van der Waals surface area (Å²) in [5.74, 6) is 2.17. The van der Waals surface area contributed by atoms with Gasteiger partial charge in [0.15, 0.2) is 5.82 Å². The maximum Gasteiger partial charge on any atom is 0.150 e. The van der Waals surface area contributed by atoms with E-state index in [-0.39, 0.29) is 0 Å². The van der Waals surface area contributed by atoms with E-state index in [2.05, 4.69) is 35.9 Å². The molecule has 106 valence electrons. The Balaban J connectivity index is 1.78. The Morgan fingerprint density at radius 3 is 2.84 bits per heavy atom. The van der Waals surface area contributed by atoms with Crippen molar-refractivity contribution in [3.05, 3.63) is 11.6 Å². The van der Waals surface area contributed by atoms with Crippen molar-refractivity contribution < 1.29 is 0 Å². The smallest absolute Gasteiger partial charge is 0.150 e. The molecule has 1 aromatic rings. The van der Waals surface area contributed by atoms with Gasteiger partial charge in [0.05, 0.1) is 6.04 Å². The highest BCUT2D eigenvalue weighted by Gasteiger charge is 2.37. The van der Waals surface area contributed by atoms with E-state index in [1.54, 1.807) is 0 Å². The molecule has 1 N–H and O–H groups in total. The second-order valence-corrected chi connectivity index (χ2v) is 6.76. The van der Waals surface area contributed by atoms with Gasteiger partial charge < -0.3 is 5.32 Å². The van der Waals surface area contributed by atoms with E-state index in [0.29, 0.717) is 17.5 Å². The van der Waals surface area contributed by atoms with Crippen LogP contribution in [0.5, 0.6) is 0 Å². The average molecular weight is 262 g/mol. The minimum atomic E-state index is 0.406. The molecular weight excluding hydrogens is 236 g/mol. The highest BCUT2D eigenvalue weighted by Crippen LogP contribution is 2.39. The van der Waals surface area contributed by atoms with Gasteiger partial charge in [-0.25, -0.2) is 9.67 Å². The van der Waals surface area contributed by atoms with Crippen LogP contribution in [0.1, 0.15) is 70.6 Å². The second-order valence-electron chi connectivity index (χ2n) is 6.76. The fourth-order valence-electron chi connectivity index (χ4n) is 3.59. The molecular formula is C15H26N4. The number of nitrogens with zero attached hydrogens (tertiary/aromatic N) is 3. The monoisotopic (exact) mass is 262 g/mol. The molecule has 2 unspecified atom stereocenters. The van der Waals surface area contributed by atoms with E-state index in [9.17, 15) is 0 Å². The highest BCUT2D eigenvalue weighted by atomic mass is 15.4. The summed E-state index contributed by atoms with van der Waals surface area (Å²) in [5.41, 5.74) is 0.426. The quantitative estimate of drug-likeness (QED) is 0.911. The summed E-state index contributed by atoms with van der Waals surface area (Å²) in [6, 6.07) is 1.04. The maximum absolute atomic E-state index is 4.73. The lowest BCUT2D eigenvalue weighted by Gasteiger charge is -2.33.